The van der Waals surface area contributed by atoms with Crippen molar-refractivity contribution in [3.8, 4) is 5.75 Å². The Labute approximate surface area is 75.3 Å². The van der Waals surface area contributed by atoms with Gasteiger partial charge in [-0.05, 0) is 12.1 Å². The zero-order valence-corrected chi connectivity index (χ0v) is 7.34. The number of aromatic hydroxyl groups is 1. The molecule has 0 amide bonds. The highest BCUT2D eigenvalue weighted by molar-refractivity contribution is 8.14. The van der Waals surface area contributed by atoms with Crippen LogP contribution >= 0.6 is 11.8 Å². The predicted octanol–water partition coefficient (Wildman–Crippen LogP) is 1.89. The molecule has 2 nitrogen and oxygen atoms in total. The number of aliphatic imine (C=N–C) groups is 1. The maximum Gasteiger partial charge on any atom is 0.125 e. The summed E-state index contributed by atoms with van der Waals surface area (Å²) in [5.74, 6) is 1.36. The molecule has 0 saturated carbocycles. The molecule has 0 unspecified atom stereocenters. The second-order valence-electron chi connectivity index (χ2n) is 2.55. The lowest BCUT2D eigenvalue weighted by Crippen LogP contribution is -1.91. The van der Waals surface area contributed by atoms with Gasteiger partial charge in [-0.25, -0.2) is 0 Å². The number of benzene rings is 1. The van der Waals surface area contributed by atoms with Crippen LogP contribution in [0.25, 0.3) is 0 Å². The molecule has 0 aliphatic carbocycles. The molecule has 12 heavy (non-hydrogen) atoms. The summed E-state index contributed by atoms with van der Waals surface area (Å²) in [7, 11) is 0. The second-order valence-corrected chi connectivity index (χ2v) is 3.64. The van der Waals surface area contributed by atoms with Gasteiger partial charge in [0.2, 0.25) is 0 Å². The fraction of sp³-hybridized carbons (Fsp3) is 0.222. The lowest BCUT2D eigenvalue weighted by Gasteiger charge is -2.01. The molecule has 1 aromatic carbocycles. The molecule has 0 saturated heterocycles. The minimum Gasteiger partial charge on any atom is -0.507 e. The quantitative estimate of drug-likeness (QED) is 0.714. The summed E-state index contributed by atoms with van der Waals surface area (Å²) in [6.45, 7) is 0.869. The minimum absolute atomic E-state index is 0.325. The lowest BCUT2D eigenvalue weighted by atomic mass is 10.2. The van der Waals surface area contributed by atoms with Gasteiger partial charge in [0, 0.05) is 17.9 Å². The van der Waals surface area contributed by atoms with E-state index in [0.29, 0.717) is 5.75 Å². The first-order chi connectivity index (χ1) is 5.88. The third kappa shape index (κ3) is 1.32. The Bertz CT molecular complexity index is 322. The number of phenols is 1. The zero-order valence-electron chi connectivity index (χ0n) is 6.53. The molecule has 1 N–H and O–H groups in total. The fourth-order valence-corrected chi connectivity index (χ4v) is 2.04. The second kappa shape index (κ2) is 3.19. The molecule has 0 aromatic heterocycles. The highest BCUT2D eigenvalue weighted by Crippen LogP contribution is 2.25. The number of hydrogen-bond acceptors (Lipinski definition) is 3. The van der Waals surface area contributed by atoms with E-state index in [1.54, 1.807) is 17.8 Å². The number of thioether (sulfide) groups is 1. The van der Waals surface area contributed by atoms with Gasteiger partial charge in [0.15, 0.2) is 0 Å². The van der Waals surface area contributed by atoms with Crippen LogP contribution in [0, 0.1) is 0 Å². The van der Waals surface area contributed by atoms with Crippen LogP contribution in [0.1, 0.15) is 5.56 Å². The SMILES string of the molecule is Oc1ccccc1C1=NCCS1. The van der Waals surface area contributed by atoms with Gasteiger partial charge in [-0.1, -0.05) is 12.1 Å². The summed E-state index contributed by atoms with van der Waals surface area (Å²) in [5.41, 5.74) is 0.861. The van der Waals surface area contributed by atoms with Gasteiger partial charge in [-0.15, -0.1) is 11.8 Å². The molecule has 1 aliphatic heterocycles. The summed E-state index contributed by atoms with van der Waals surface area (Å²) >= 11 is 1.70. The Hall–Kier alpha value is -0.960. The summed E-state index contributed by atoms with van der Waals surface area (Å²) in [5, 5.41) is 10.4. The van der Waals surface area contributed by atoms with Gasteiger partial charge < -0.3 is 5.11 Å². The Balaban J connectivity index is 2.39. The van der Waals surface area contributed by atoms with Gasteiger partial charge in [0.25, 0.3) is 0 Å². The van der Waals surface area contributed by atoms with Gasteiger partial charge >= 0.3 is 0 Å². The molecule has 62 valence electrons. The summed E-state index contributed by atoms with van der Waals surface area (Å²) in [6, 6.07) is 7.32. The van der Waals surface area contributed by atoms with E-state index < -0.39 is 0 Å². The fourth-order valence-electron chi connectivity index (χ4n) is 1.15. The van der Waals surface area contributed by atoms with Crippen molar-refractivity contribution in [2.75, 3.05) is 12.3 Å². The Morgan fingerprint density at radius 2 is 2.17 bits per heavy atom. The minimum atomic E-state index is 0.325. The van der Waals surface area contributed by atoms with Crippen LogP contribution in [-0.2, 0) is 0 Å². The van der Waals surface area contributed by atoms with E-state index in [2.05, 4.69) is 4.99 Å². The summed E-state index contributed by atoms with van der Waals surface area (Å²) in [4.78, 5) is 4.29. The zero-order chi connectivity index (χ0) is 8.39. The van der Waals surface area contributed by atoms with E-state index in [0.717, 1.165) is 22.9 Å². The largest absolute Gasteiger partial charge is 0.507 e. The van der Waals surface area contributed by atoms with Gasteiger partial charge in [0.1, 0.15) is 10.8 Å². The molecule has 3 heteroatoms. The molecule has 0 radical (unpaired) electrons. The Kier molecular flexibility index (Phi) is 2.04. The number of para-hydroxylation sites is 1. The first kappa shape index (κ1) is 7.68. The third-order valence-electron chi connectivity index (χ3n) is 1.72. The maximum absolute atomic E-state index is 9.48. The number of phenolic OH excluding ortho intramolecular Hbond substituents is 1. The first-order valence-electron chi connectivity index (χ1n) is 3.83. The topological polar surface area (TPSA) is 32.6 Å². The van der Waals surface area contributed by atoms with Gasteiger partial charge in [-0.3, -0.25) is 4.99 Å². The van der Waals surface area contributed by atoms with Crippen molar-refractivity contribution < 1.29 is 5.11 Å². The van der Waals surface area contributed by atoms with Crippen molar-refractivity contribution in [3.05, 3.63) is 29.8 Å². The van der Waals surface area contributed by atoms with E-state index in [-0.39, 0.29) is 0 Å². The molecule has 2 rings (SSSR count). The van der Waals surface area contributed by atoms with Crippen molar-refractivity contribution in [2.45, 2.75) is 0 Å². The van der Waals surface area contributed by atoms with Crippen molar-refractivity contribution in [1.82, 2.24) is 0 Å². The highest BCUT2D eigenvalue weighted by Gasteiger charge is 2.12. The molecular formula is C9H9NOS. The van der Waals surface area contributed by atoms with E-state index in [9.17, 15) is 5.11 Å². The Morgan fingerprint density at radius 1 is 1.33 bits per heavy atom. The molecule has 1 aromatic rings. The number of rotatable bonds is 1. The van der Waals surface area contributed by atoms with Crippen LogP contribution in [0.2, 0.25) is 0 Å². The normalized spacial score (nSPS) is 16.2. The third-order valence-corrected chi connectivity index (χ3v) is 2.73. The van der Waals surface area contributed by atoms with Gasteiger partial charge in [0.05, 0.1) is 0 Å². The van der Waals surface area contributed by atoms with Crippen LogP contribution in [0.4, 0.5) is 0 Å². The van der Waals surface area contributed by atoms with Crippen molar-refractivity contribution in [1.29, 1.82) is 0 Å². The summed E-state index contributed by atoms with van der Waals surface area (Å²) in [6.07, 6.45) is 0. The van der Waals surface area contributed by atoms with Gasteiger partial charge in [-0.2, -0.15) is 0 Å². The molecule has 0 fully saturated rings. The molecule has 0 atom stereocenters. The smallest absolute Gasteiger partial charge is 0.125 e. The van der Waals surface area contributed by atoms with E-state index in [1.165, 1.54) is 0 Å². The first-order valence-corrected chi connectivity index (χ1v) is 4.82. The van der Waals surface area contributed by atoms with Crippen molar-refractivity contribution in [2.24, 2.45) is 4.99 Å². The van der Waals surface area contributed by atoms with E-state index in [1.807, 2.05) is 18.2 Å². The summed E-state index contributed by atoms with van der Waals surface area (Å²) < 4.78 is 0. The van der Waals surface area contributed by atoms with E-state index in [4.69, 9.17) is 0 Å². The predicted molar refractivity (Wildman–Crippen MR) is 52.0 cm³/mol. The molecular weight excluding hydrogens is 170 g/mol. The van der Waals surface area contributed by atoms with Crippen LogP contribution in [0.5, 0.6) is 5.75 Å². The lowest BCUT2D eigenvalue weighted by molar-refractivity contribution is 0.474. The number of nitrogens with zero attached hydrogens (tertiary/aromatic N) is 1. The van der Waals surface area contributed by atoms with Crippen LogP contribution in [0.3, 0.4) is 0 Å². The van der Waals surface area contributed by atoms with Crippen molar-refractivity contribution in [3.63, 3.8) is 0 Å². The standard InChI is InChI=1S/C9H9NOS/c11-8-4-2-1-3-7(8)9-10-5-6-12-9/h1-4,11H,5-6H2. The van der Waals surface area contributed by atoms with Crippen LogP contribution < -0.4 is 0 Å². The van der Waals surface area contributed by atoms with Crippen LogP contribution in [0.15, 0.2) is 29.3 Å². The average Bonchev–Trinajstić information content (AvgIpc) is 2.57. The number of hydrogen-bond donors (Lipinski definition) is 1. The Morgan fingerprint density at radius 3 is 2.83 bits per heavy atom. The molecule has 0 spiro atoms. The van der Waals surface area contributed by atoms with Crippen molar-refractivity contribution >= 4 is 16.8 Å². The maximum atomic E-state index is 9.48. The van der Waals surface area contributed by atoms with E-state index >= 15 is 0 Å². The monoisotopic (exact) mass is 179 g/mol. The highest BCUT2D eigenvalue weighted by atomic mass is 32.2. The molecule has 0 bridgehead atoms. The average molecular weight is 179 g/mol. The molecule has 1 aliphatic rings. The molecule has 1 heterocycles. The van der Waals surface area contributed by atoms with Crippen LogP contribution in [-0.4, -0.2) is 22.4 Å².